The number of rotatable bonds is 4. The second-order valence-corrected chi connectivity index (χ2v) is 4.15. The van der Waals surface area contributed by atoms with Crippen molar-refractivity contribution in [1.29, 1.82) is 0 Å². The zero-order chi connectivity index (χ0) is 11.5. The summed E-state index contributed by atoms with van der Waals surface area (Å²) in [4.78, 5) is 8.54. The van der Waals surface area contributed by atoms with Crippen molar-refractivity contribution in [3.05, 3.63) is 11.8 Å². The van der Waals surface area contributed by atoms with Crippen LogP contribution in [0.25, 0.3) is 0 Å². The number of hydrogen-bond acceptors (Lipinski definition) is 5. The van der Waals surface area contributed by atoms with E-state index in [0.29, 0.717) is 18.1 Å². The molecule has 1 aromatic rings. The van der Waals surface area contributed by atoms with Gasteiger partial charge in [0.15, 0.2) is 0 Å². The maximum Gasteiger partial charge on any atom is 0.224 e. The zero-order valence-corrected chi connectivity index (χ0v) is 9.95. The maximum atomic E-state index is 5.24. The average Bonchev–Trinajstić information content (AvgIpc) is 2.25. The molecule has 5 heteroatoms. The molecule has 5 nitrogen and oxygen atoms in total. The van der Waals surface area contributed by atoms with Crippen molar-refractivity contribution >= 4 is 11.8 Å². The Morgan fingerprint density at radius 1 is 1.44 bits per heavy atom. The third kappa shape index (κ3) is 2.24. The Morgan fingerprint density at radius 2 is 2.19 bits per heavy atom. The summed E-state index contributed by atoms with van der Waals surface area (Å²) >= 11 is 0. The van der Waals surface area contributed by atoms with Crippen LogP contribution < -0.4 is 10.6 Å². The minimum atomic E-state index is 0.406. The monoisotopic (exact) mass is 222 g/mol. The topological polar surface area (TPSA) is 59.1 Å². The van der Waals surface area contributed by atoms with Crippen molar-refractivity contribution in [2.45, 2.75) is 31.9 Å². The number of hydrogen-bond donors (Lipinski definition) is 2. The summed E-state index contributed by atoms with van der Waals surface area (Å²) in [5, 5.41) is 6.35. The molecule has 0 saturated heterocycles. The Morgan fingerprint density at radius 3 is 2.81 bits per heavy atom. The van der Waals surface area contributed by atoms with E-state index in [-0.39, 0.29) is 0 Å². The molecule has 0 aromatic carbocycles. The molecule has 0 bridgehead atoms. The van der Waals surface area contributed by atoms with E-state index in [2.05, 4.69) is 20.6 Å². The first-order valence-electron chi connectivity index (χ1n) is 5.53. The SMILES string of the molecule is CNc1ncc(C)c(NC2CC(OC)C2)n1. The normalized spacial score (nSPS) is 23.7. The molecule has 0 amide bonds. The molecule has 2 N–H and O–H groups in total. The van der Waals surface area contributed by atoms with Crippen LogP contribution in [-0.2, 0) is 4.74 Å². The summed E-state index contributed by atoms with van der Waals surface area (Å²) in [7, 11) is 3.58. The lowest BCUT2D eigenvalue weighted by molar-refractivity contribution is 0.0328. The molecule has 0 atom stereocenters. The molecule has 1 saturated carbocycles. The first kappa shape index (κ1) is 11.1. The predicted molar refractivity (Wildman–Crippen MR) is 63.8 cm³/mol. The van der Waals surface area contributed by atoms with Gasteiger partial charge in [0.25, 0.3) is 0 Å². The third-order valence-corrected chi connectivity index (χ3v) is 2.96. The van der Waals surface area contributed by atoms with E-state index in [9.17, 15) is 0 Å². The average molecular weight is 222 g/mol. The number of aromatic nitrogens is 2. The molecule has 1 aliphatic rings. The van der Waals surface area contributed by atoms with Crippen LogP contribution in [-0.4, -0.2) is 36.3 Å². The van der Waals surface area contributed by atoms with Gasteiger partial charge in [0.1, 0.15) is 5.82 Å². The van der Waals surface area contributed by atoms with E-state index in [1.807, 2.05) is 20.2 Å². The van der Waals surface area contributed by atoms with Crippen LogP contribution in [0.3, 0.4) is 0 Å². The van der Waals surface area contributed by atoms with E-state index >= 15 is 0 Å². The highest BCUT2D eigenvalue weighted by Gasteiger charge is 2.29. The lowest BCUT2D eigenvalue weighted by atomic mass is 9.89. The number of ether oxygens (including phenoxy) is 1. The van der Waals surface area contributed by atoms with Crippen molar-refractivity contribution < 1.29 is 4.74 Å². The highest BCUT2D eigenvalue weighted by Crippen LogP contribution is 2.26. The first-order chi connectivity index (χ1) is 7.72. The summed E-state index contributed by atoms with van der Waals surface area (Å²) in [6.07, 6.45) is 4.33. The van der Waals surface area contributed by atoms with E-state index in [1.54, 1.807) is 7.11 Å². The molecule has 0 spiro atoms. The molecule has 1 aliphatic carbocycles. The number of aryl methyl sites for hydroxylation is 1. The Hall–Kier alpha value is -1.36. The minimum absolute atomic E-state index is 0.406. The van der Waals surface area contributed by atoms with Gasteiger partial charge in [0.2, 0.25) is 5.95 Å². The third-order valence-electron chi connectivity index (χ3n) is 2.96. The van der Waals surface area contributed by atoms with Crippen LogP contribution >= 0.6 is 0 Å². The molecule has 2 rings (SSSR count). The van der Waals surface area contributed by atoms with Gasteiger partial charge in [-0.15, -0.1) is 0 Å². The second kappa shape index (κ2) is 4.65. The first-order valence-corrected chi connectivity index (χ1v) is 5.53. The van der Waals surface area contributed by atoms with E-state index in [4.69, 9.17) is 4.74 Å². The van der Waals surface area contributed by atoms with Gasteiger partial charge < -0.3 is 15.4 Å². The molecule has 0 radical (unpaired) electrons. The highest BCUT2D eigenvalue weighted by molar-refractivity contribution is 5.47. The second-order valence-electron chi connectivity index (χ2n) is 4.15. The summed E-state index contributed by atoms with van der Waals surface area (Å²) < 4.78 is 5.24. The molecular weight excluding hydrogens is 204 g/mol. The van der Waals surface area contributed by atoms with Crippen LogP contribution in [0.2, 0.25) is 0 Å². The van der Waals surface area contributed by atoms with Gasteiger partial charge in [-0.2, -0.15) is 4.98 Å². The summed E-state index contributed by atoms with van der Waals surface area (Å²) in [6, 6.07) is 0.475. The summed E-state index contributed by atoms with van der Waals surface area (Å²) in [6.45, 7) is 2.01. The Balaban J connectivity index is 1.98. The van der Waals surface area contributed by atoms with E-state index < -0.39 is 0 Å². The van der Waals surface area contributed by atoms with Gasteiger partial charge in [0, 0.05) is 32.0 Å². The molecule has 88 valence electrons. The van der Waals surface area contributed by atoms with Crippen molar-refractivity contribution in [1.82, 2.24) is 9.97 Å². The molecule has 0 aliphatic heterocycles. The lowest BCUT2D eigenvalue weighted by Crippen LogP contribution is -2.40. The van der Waals surface area contributed by atoms with Crippen molar-refractivity contribution in [2.75, 3.05) is 24.8 Å². The number of anilines is 2. The summed E-state index contributed by atoms with van der Waals surface area (Å²) in [5.74, 6) is 1.56. The molecule has 1 aromatic heterocycles. The molecular formula is C11H18N4O. The Labute approximate surface area is 95.6 Å². The van der Waals surface area contributed by atoms with Gasteiger partial charge in [-0.1, -0.05) is 0 Å². The molecule has 16 heavy (non-hydrogen) atoms. The largest absolute Gasteiger partial charge is 0.381 e. The maximum absolute atomic E-state index is 5.24. The predicted octanol–water partition coefficient (Wildman–Crippen LogP) is 1.42. The minimum Gasteiger partial charge on any atom is -0.381 e. The van der Waals surface area contributed by atoms with Crippen LogP contribution in [0.1, 0.15) is 18.4 Å². The van der Waals surface area contributed by atoms with Gasteiger partial charge >= 0.3 is 0 Å². The molecule has 1 heterocycles. The quantitative estimate of drug-likeness (QED) is 0.806. The highest BCUT2D eigenvalue weighted by atomic mass is 16.5. The van der Waals surface area contributed by atoms with Crippen molar-refractivity contribution in [2.24, 2.45) is 0 Å². The van der Waals surface area contributed by atoms with Crippen LogP contribution in [0.5, 0.6) is 0 Å². The number of methoxy groups -OCH3 is 1. The fourth-order valence-corrected chi connectivity index (χ4v) is 1.78. The van der Waals surface area contributed by atoms with Gasteiger partial charge in [0.05, 0.1) is 6.10 Å². The smallest absolute Gasteiger partial charge is 0.224 e. The molecule has 1 fully saturated rings. The molecule has 0 unspecified atom stereocenters. The fourth-order valence-electron chi connectivity index (χ4n) is 1.78. The van der Waals surface area contributed by atoms with Crippen molar-refractivity contribution in [3.8, 4) is 0 Å². The van der Waals surface area contributed by atoms with Gasteiger partial charge in [-0.3, -0.25) is 0 Å². The van der Waals surface area contributed by atoms with Crippen LogP contribution in [0, 0.1) is 6.92 Å². The summed E-state index contributed by atoms with van der Waals surface area (Å²) in [5.41, 5.74) is 1.07. The lowest BCUT2D eigenvalue weighted by Gasteiger charge is -2.35. The van der Waals surface area contributed by atoms with Crippen molar-refractivity contribution in [3.63, 3.8) is 0 Å². The Bertz CT molecular complexity index is 363. The standard InChI is InChI=1S/C11H18N4O/c1-7-6-13-11(12-2)15-10(7)14-8-4-9(5-8)16-3/h6,8-9H,4-5H2,1-3H3,(H2,12,13,14,15). The van der Waals surface area contributed by atoms with Gasteiger partial charge in [-0.05, 0) is 19.8 Å². The number of nitrogens with zero attached hydrogens (tertiary/aromatic N) is 2. The van der Waals surface area contributed by atoms with E-state index in [0.717, 1.165) is 24.2 Å². The van der Waals surface area contributed by atoms with Gasteiger partial charge in [-0.25, -0.2) is 4.98 Å². The fraction of sp³-hybridized carbons (Fsp3) is 0.636. The number of nitrogens with one attached hydrogen (secondary N) is 2. The van der Waals surface area contributed by atoms with Crippen LogP contribution in [0.15, 0.2) is 6.20 Å². The Kier molecular flexibility index (Phi) is 3.24. The van der Waals surface area contributed by atoms with E-state index in [1.165, 1.54) is 0 Å². The zero-order valence-electron chi connectivity index (χ0n) is 9.95. The van der Waals surface area contributed by atoms with Crippen LogP contribution in [0.4, 0.5) is 11.8 Å².